The van der Waals surface area contributed by atoms with Gasteiger partial charge >= 0.3 is 0 Å². The van der Waals surface area contributed by atoms with E-state index in [0.717, 1.165) is 27.5 Å². The number of fused-ring (bicyclic) bond motifs is 2. The molecule has 5 aromatic rings. The molecule has 0 saturated carbocycles. The summed E-state index contributed by atoms with van der Waals surface area (Å²) in [7, 11) is 1.63. The number of carbonyl (C=O) groups excluding carboxylic acids is 1. The van der Waals surface area contributed by atoms with Crippen molar-refractivity contribution in [3.63, 3.8) is 0 Å². The van der Waals surface area contributed by atoms with Crippen molar-refractivity contribution >= 4 is 44.1 Å². The lowest BCUT2D eigenvalue weighted by atomic mass is 10.0. The number of benzene rings is 3. The zero-order valence-corrected chi connectivity index (χ0v) is 16.3. The first-order chi connectivity index (χ1) is 14.2. The molecule has 0 aliphatic carbocycles. The van der Waals surface area contributed by atoms with E-state index in [1.807, 2.05) is 72.1 Å². The number of nitrogens with one attached hydrogen (secondary N) is 1. The third-order valence-electron chi connectivity index (χ3n) is 4.73. The maximum absolute atomic E-state index is 12.8. The number of furan rings is 1. The van der Waals surface area contributed by atoms with E-state index in [2.05, 4.69) is 10.3 Å². The van der Waals surface area contributed by atoms with Crippen LogP contribution in [-0.2, 0) is 0 Å². The van der Waals surface area contributed by atoms with E-state index in [9.17, 15) is 4.79 Å². The predicted octanol–water partition coefficient (Wildman–Crippen LogP) is 5.97. The van der Waals surface area contributed by atoms with Gasteiger partial charge in [-0.15, -0.1) is 11.3 Å². The lowest BCUT2D eigenvalue weighted by molar-refractivity contribution is 0.102. The van der Waals surface area contributed by atoms with Gasteiger partial charge in [0.2, 0.25) is 0 Å². The Bertz CT molecular complexity index is 1350. The average molecular weight is 400 g/mol. The van der Waals surface area contributed by atoms with Crippen molar-refractivity contribution in [2.24, 2.45) is 0 Å². The van der Waals surface area contributed by atoms with Gasteiger partial charge in [-0.05, 0) is 41.1 Å². The number of hydrogen-bond donors (Lipinski definition) is 1. The Morgan fingerprint density at radius 3 is 2.79 bits per heavy atom. The quantitative estimate of drug-likeness (QED) is 0.404. The number of methoxy groups -OCH3 is 1. The third kappa shape index (κ3) is 3.23. The van der Waals surface area contributed by atoms with E-state index in [0.29, 0.717) is 22.1 Å². The van der Waals surface area contributed by atoms with Gasteiger partial charge < -0.3 is 9.15 Å². The van der Waals surface area contributed by atoms with Crippen LogP contribution in [0.2, 0.25) is 0 Å². The standard InChI is InChI=1S/C23H16N2O3S/c1-27-16-9-10-20-15(11-16)12-21(28-20)19-13-29-23(24-19)25-22(26)18-8-4-6-14-5-2-3-7-17(14)18/h2-13H,1H3,(H,24,25,26). The number of anilines is 1. The summed E-state index contributed by atoms with van der Waals surface area (Å²) in [5.74, 6) is 1.23. The summed E-state index contributed by atoms with van der Waals surface area (Å²) >= 11 is 1.36. The van der Waals surface area contributed by atoms with Gasteiger partial charge in [0.25, 0.3) is 5.91 Å². The summed E-state index contributed by atoms with van der Waals surface area (Å²) in [6.07, 6.45) is 0. The molecule has 0 aliphatic heterocycles. The van der Waals surface area contributed by atoms with Gasteiger partial charge in [0.05, 0.1) is 7.11 Å². The molecular formula is C23H16N2O3S. The Morgan fingerprint density at radius 1 is 1.03 bits per heavy atom. The average Bonchev–Trinajstić information content (AvgIpc) is 3.39. The highest BCUT2D eigenvalue weighted by Crippen LogP contribution is 2.32. The number of carbonyl (C=O) groups is 1. The van der Waals surface area contributed by atoms with E-state index in [4.69, 9.17) is 9.15 Å². The molecule has 0 aliphatic rings. The molecule has 1 N–H and O–H groups in total. The van der Waals surface area contributed by atoms with Gasteiger partial charge in [-0.2, -0.15) is 0 Å². The van der Waals surface area contributed by atoms with E-state index in [-0.39, 0.29) is 5.91 Å². The molecule has 142 valence electrons. The highest BCUT2D eigenvalue weighted by atomic mass is 32.1. The molecule has 2 heterocycles. The monoisotopic (exact) mass is 400 g/mol. The zero-order valence-electron chi connectivity index (χ0n) is 15.5. The number of aromatic nitrogens is 1. The summed E-state index contributed by atoms with van der Waals surface area (Å²) in [6.45, 7) is 0. The van der Waals surface area contributed by atoms with Crippen LogP contribution in [0.3, 0.4) is 0 Å². The van der Waals surface area contributed by atoms with Crippen LogP contribution in [0, 0.1) is 0 Å². The molecular weight excluding hydrogens is 384 g/mol. The number of nitrogens with zero attached hydrogens (tertiary/aromatic N) is 1. The Morgan fingerprint density at radius 2 is 1.90 bits per heavy atom. The molecule has 0 unspecified atom stereocenters. The van der Waals surface area contributed by atoms with Crippen molar-refractivity contribution in [1.29, 1.82) is 0 Å². The number of thiazole rings is 1. The van der Waals surface area contributed by atoms with Crippen molar-refractivity contribution in [2.45, 2.75) is 0 Å². The van der Waals surface area contributed by atoms with Crippen LogP contribution in [0.1, 0.15) is 10.4 Å². The van der Waals surface area contributed by atoms with Gasteiger partial charge in [0.15, 0.2) is 10.9 Å². The summed E-state index contributed by atoms with van der Waals surface area (Å²) < 4.78 is 11.1. The molecule has 0 radical (unpaired) electrons. The van der Waals surface area contributed by atoms with Crippen LogP contribution < -0.4 is 10.1 Å². The minimum Gasteiger partial charge on any atom is -0.497 e. The van der Waals surface area contributed by atoms with Gasteiger partial charge in [-0.25, -0.2) is 4.98 Å². The molecule has 5 rings (SSSR count). The van der Waals surface area contributed by atoms with Crippen LogP contribution in [0.5, 0.6) is 5.75 Å². The molecule has 6 heteroatoms. The number of hydrogen-bond acceptors (Lipinski definition) is 5. The van der Waals surface area contributed by atoms with Gasteiger partial charge in [-0.1, -0.05) is 36.4 Å². The largest absolute Gasteiger partial charge is 0.497 e. The molecule has 1 amide bonds. The molecule has 5 nitrogen and oxygen atoms in total. The number of ether oxygens (including phenoxy) is 1. The minimum atomic E-state index is -0.183. The van der Waals surface area contributed by atoms with Crippen molar-refractivity contribution in [3.05, 3.63) is 77.7 Å². The Hall–Kier alpha value is -3.64. The number of rotatable bonds is 4. The van der Waals surface area contributed by atoms with E-state index < -0.39 is 0 Å². The molecule has 0 spiro atoms. The molecule has 0 fully saturated rings. The van der Waals surface area contributed by atoms with Gasteiger partial charge in [0.1, 0.15) is 17.0 Å². The molecule has 2 aromatic heterocycles. The lowest BCUT2D eigenvalue weighted by Crippen LogP contribution is -2.12. The Labute approximate surface area is 170 Å². The molecule has 0 bridgehead atoms. The second-order valence-electron chi connectivity index (χ2n) is 6.53. The number of amides is 1. The van der Waals surface area contributed by atoms with Crippen molar-refractivity contribution in [1.82, 2.24) is 4.98 Å². The van der Waals surface area contributed by atoms with Crippen molar-refractivity contribution in [2.75, 3.05) is 12.4 Å². The van der Waals surface area contributed by atoms with Crippen LogP contribution in [0.4, 0.5) is 5.13 Å². The smallest absolute Gasteiger partial charge is 0.258 e. The van der Waals surface area contributed by atoms with Crippen LogP contribution in [0.15, 0.2) is 76.5 Å². The summed E-state index contributed by atoms with van der Waals surface area (Å²) in [6, 6.07) is 21.1. The van der Waals surface area contributed by atoms with Gasteiger partial charge in [0, 0.05) is 16.3 Å². The lowest BCUT2D eigenvalue weighted by Gasteiger charge is -2.05. The second-order valence-corrected chi connectivity index (χ2v) is 7.39. The zero-order chi connectivity index (χ0) is 19.8. The molecule has 3 aromatic carbocycles. The van der Waals surface area contributed by atoms with E-state index in [1.54, 1.807) is 7.11 Å². The SMILES string of the molecule is COc1ccc2oc(-c3csc(NC(=O)c4cccc5ccccc45)n3)cc2c1. The van der Waals surface area contributed by atoms with E-state index in [1.165, 1.54) is 11.3 Å². The van der Waals surface area contributed by atoms with Crippen LogP contribution in [0.25, 0.3) is 33.2 Å². The first kappa shape index (κ1) is 17.5. The predicted molar refractivity (Wildman–Crippen MR) is 116 cm³/mol. The third-order valence-corrected chi connectivity index (χ3v) is 5.49. The highest BCUT2D eigenvalue weighted by Gasteiger charge is 2.14. The summed E-state index contributed by atoms with van der Waals surface area (Å²) in [4.78, 5) is 17.3. The fraction of sp³-hybridized carbons (Fsp3) is 0.0435. The van der Waals surface area contributed by atoms with E-state index >= 15 is 0 Å². The second kappa shape index (κ2) is 7.07. The first-order valence-electron chi connectivity index (χ1n) is 9.04. The normalized spacial score (nSPS) is 11.1. The maximum atomic E-state index is 12.8. The molecule has 0 saturated heterocycles. The summed E-state index contributed by atoms with van der Waals surface area (Å²) in [5.41, 5.74) is 2.06. The summed E-state index contributed by atoms with van der Waals surface area (Å²) in [5, 5.41) is 8.17. The van der Waals surface area contributed by atoms with Crippen molar-refractivity contribution < 1.29 is 13.9 Å². The minimum absolute atomic E-state index is 0.183. The van der Waals surface area contributed by atoms with Crippen LogP contribution in [-0.4, -0.2) is 18.0 Å². The first-order valence-corrected chi connectivity index (χ1v) is 9.92. The van der Waals surface area contributed by atoms with Gasteiger partial charge in [-0.3, -0.25) is 10.1 Å². The molecule has 29 heavy (non-hydrogen) atoms. The van der Waals surface area contributed by atoms with Crippen LogP contribution >= 0.6 is 11.3 Å². The Balaban J connectivity index is 1.42. The van der Waals surface area contributed by atoms with Crippen molar-refractivity contribution in [3.8, 4) is 17.2 Å². The maximum Gasteiger partial charge on any atom is 0.258 e. The Kier molecular flexibility index (Phi) is 4.26. The topological polar surface area (TPSA) is 64.4 Å². The molecule has 0 atom stereocenters. The highest BCUT2D eigenvalue weighted by molar-refractivity contribution is 7.14. The fourth-order valence-electron chi connectivity index (χ4n) is 3.31. The fourth-order valence-corrected chi connectivity index (χ4v) is 4.00.